The number of carbonyl (C=O) groups is 1. The van der Waals surface area contributed by atoms with E-state index in [0.29, 0.717) is 17.1 Å². The fourth-order valence-corrected chi connectivity index (χ4v) is 3.03. The summed E-state index contributed by atoms with van der Waals surface area (Å²) in [5.41, 5.74) is 0.615. The number of halogens is 1. The van der Waals surface area contributed by atoms with Crippen LogP contribution in [0.5, 0.6) is 11.5 Å². The number of hydrogen-bond acceptors (Lipinski definition) is 3. The van der Waals surface area contributed by atoms with Gasteiger partial charge >= 0.3 is 0 Å². The lowest BCUT2D eigenvalue weighted by Crippen LogP contribution is -2.36. The van der Waals surface area contributed by atoms with Crippen LogP contribution in [-0.2, 0) is 0 Å². The molecule has 2 rings (SSSR count). The second kappa shape index (κ2) is 6.28. The Hall–Kier alpha value is -1.23. The van der Waals surface area contributed by atoms with Gasteiger partial charge in [-0.05, 0) is 25.0 Å². The van der Waals surface area contributed by atoms with Gasteiger partial charge < -0.3 is 14.4 Å². The predicted molar refractivity (Wildman–Crippen MR) is 77.4 cm³/mol. The van der Waals surface area contributed by atoms with E-state index >= 15 is 0 Å². The van der Waals surface area contributed by atoms with Gasteiger partial charge in [0.1, 0.15) is 11.5 Å². The molecular formula is C14H18BrNO3. The highest BCUT2D eigenvalue weighted by Crippen LogP contribution is 2.26. The summed E-state index contributed by atoms with van der Waals surface area (Å²) in [4.78, 5) is 14.5. The molecular weight excluding hydrogens is 310 g/mol. The molecule has 1 atom stereocenters. The van der Waals surface area contributed by atoms with Gasteiger partial charge in [0, 0.05) is 29.5 Å². The maximum Gasteiger partial charge on any atom is 0.254 e. The van der Waals surface area contributed by atoms with Crippen LogP contribution in [0.25, 0.3) is 0 Å². The first-order valence-electron chi connectivity index (χ1n) is 6.29. The van der Waals surface area contributed by atoms with Crippen LogP contribution < -0.4 is 9.47 Å². The van der Waals surface area contributed by atoms with E-state index in [-0.39, 0.29) is 11.9 Å². The van der Waals surface area contributed by atoms with Crippen molar-refractivity contribution in [1.29, 1.82) is 0 Å². The van der Waals surface area contributed by atoms with Crippen LogP contribution in [0.1, 0.15) is 23.2 Å². The van der Waals surface area contributed by atoms with Crippen LogP contribution in [0.4, 0.5) is 0 Å². The lowest BCUT2D eigenvalue weighted by Gasteiger charge is -2.23. The van der Waals surface area contributed by atoms with Crippen LogP contribution >= 0.6 is 15.9 Å². The summed E-state index contributed by atoms with van der Waals surface area (Å²) in [7, 11) is 3.17. The van der Waals surface area contributed by atoms with E-state index in [9.17, 15) is 4.79 Å². The average molecular weight is 328 g/mol. The summed E-state index contributed by atoms with van der Waals surface area (Å²) in [5.74, 6) is 1.31. The molecule has 1 aliphatic rings. The van der Waals surface area contributed by atoms with E-state index in [1.54, 1.807) is 32.4 Å². The molecule has 1 amide bonds. The molecule has 1 aromatic rings. The molecule has 4 nitrogen and oxygen atoms in total. The second-order valence-corrected chi connectivity index (χ2v) is 5.20. The predicted octanol–water partition coefficient (Wildman–Crippen LogP) is 2.70. The molecule has 1 aliphatic heterocycles. The van der Waals surface area contributed by atoms with E-state index in [4.69, 9.17) is 9.47 Å². The molecule has 1 saturated heterocycles. The van der Waals surface area contributed by atoms with E-state index < -0.39 is 0 Å². The molecule has 0 spiro atoms. The fourth-order valence-electron chi connectivity index (χ4n) is 2.36. The third kappa shape index (κ3) is 3.03. The van der Waals surface area contributed by atoms with Gasteiger partial charge in [0.15, 0.2) is 0 Å². The van der Waals surface area contributed by atoms with Crippen LogP contribution in [0.3, 0.4) is 0 Å². The molecule has 0 bridgehead atoms. The van der Waals surface area contributed by atoms with Crippen LogP contribution in [0.15, 0.2) is 18.2 Å². The first-order chi connectivity index (χ1) is 9.19. The van der Waals surface area contributed by atoms with Gasteiger partial charge in [0.05, 0.1) is 14.2 Å². The number of likely N-dealkylation sites (tertiary alicyclic amines) is 1. The summed E-state index contributed by atoms with van der Waals surface area (Å²) in [6.45, 7) is 0.814. The van der Waals surface area contributed by atoms with Crippen LogP contribution in [-0.4, -0.2) is 42.9 Å². The van der Waals surface area contributed by atoms with Gasteiger partial charge in [-0.1, -0.05) is 15.9 Å². The third-order valence-corrected chi connectivity index (χ3v) is 4.16. The smallest absolute Gasteiger partial charge is 0.254 e. The largest absolute Gasteiger partial charge is 0.497 e. The normalized spacial score (nSPS) is 18.5. The Bertz CT molecular complexity index is 442. The minimum atomic E-state index is 0.0409. The van der Waals surface area contributed by atoms with Crippen molar-refractivity contribution in [2.24, 2.45) is 0 Å². The first-order valence-corrected chi connectivity index (χ1v) is 7.41. The van der Waals surface area contributed by atoms with E-state index in [1.165, 1.54) is 0 Å². The van der Waals surface area contributed by atoms with Crippen molar-refractivity contribution in [2.45, 2.75) is 18.9 Å². The van der Waals surface area contributed by atoms with Crippen LogP contribution in [0, 0.1) is 0 Å². The summed E-state index contributed by atoms with van der Waals surface area (Å²) < 4.78 is 10.4. The summed E-state index contributed by atoms with van der Waals surface area (Å²) in [5, 5.41) is 0.819. The van der Waals surface area contributed by atoms with E-state index in [0.717, 1.165) is 24.7 Å². The minimum Gasteiger partial charge on any atom is -0.497 e. The summed E-state index contributed by atoms with van der Waals surface area (Å²) in [6.07, 6.45) is 2.11. The maximum absolute atomic E-state index is 12.5. The van der Waals surface area contributed by atoms with Crippen molar-refractivity contribution in [1.82, 2.24) is 4.90 Å². The lowest BCUT2D eigenvalue weighted by molar-refractivity contribution is 0.0750. The number of benzene rings is 1. The van der Waals surface area contributed by atoms with Crippen molar-refractivity contribution in [3.05, 3.63) is 23.8 Å². The molecule has 0 N–H and O–H groups in total. The van der Waals surface area contributed by atoms with Crippen molar-refractivity contribution >= 4 is 21.8 Å². The molecule has 0 saturated carbocycles. The van der Waals surface area contributed by atoms with Crippen molar-refractivity contribution < 1.29 is 14.3 Å². The highest BCUT2D eigenvalue weighted by Gasteiger charge is 2.28. The number of methoxy groups -OCH3 is 2. The molecule has 5 heteroatoms. The van der Waals surface area contributed by atoms with Gasteiger partial charge in [0.2, 0.25) is 0 Å². The Morgan fingerprint density at radius 1 is 1.32 bits per heavy atom. The third-order valence-electron chi connectivity index (χ3n) is 3.41. The number of nitrogens with zero attached hydrogens (tertiary/aromatic N) is 1. The van der Waals surface area contributed by atoms with Crippen molar-refractivity contribution in [3.8, 4) is 11.5 Å². The van der Waals surface area contributed by atoms with Gasteiger partial charge in [-0.3, -0.25) is 4.79 Å². The average Bonchev–Trinajstić information content (AvgIpc) is 2.94. The van der Waals surface area contributed by atoms with Gasteiger partial charge in [-0.15, -0.1) is 0 Å². The Morgan fingerprint density at radius 2 is 1.95 bits per heavy atom. The minimum absolute atomic E-state index is 0.0409. The fraction of sp³-hybridized carbons (Fsp3) is 0.500. The molecule has 1 fully saturated rings. The van der Waals surface area contributed by atoms with Crippen molar-refractivity contribution in [2.75, 3.05) is 26.1 Å². The first kappa shape index (κ1) is 14.2. The van der Waals surface area contributed by atoms with Crippen molar-refractivity contribution in [3.63, 3.8) is 0 Å². The van der Waals surface area contributed by atoms with E-state index in [2.05, 4.69) is 15.9 Å². The summed E-state index contributed by atoms with van der Waals surface area (Å²) >= 11 is 3.47. The summed E-state index contributed by atoms with van der Waals surface area (Å²) in [6, 6.07) is 5.57. The molecule has 0 aliphatic carbocycles. The molecule has 1 heterocycles. The zero-order chi connectivity index (χ0) is 13.8. The Labute approximate surface area is 121 Å². The Kier molecular flexibility index (Phi) is 4.69. The SMILES string of the molecule is COc1cc(OC)cc(C(=O)N2CCCC2CBr)c1. The zero-order valence-corrected chi connectivity index (χ0v) is 12.8. The van der Waals surface area contributed by atoms with Gasteiger partial charge in [0.25, 0.3) is 5.91 Å². The number of alkyl halides is 1. The number of rotatable bonds is 4. The number of amides is 1. The number of carbonyl (C=O) groups excluding carboxylic acids is 1. The topological polar surface area (TPSA) is 38.8 Å². The lowest BCUT2D eigenvalue weighted by atomic mass is 10.1. The maximum atomic E-state index is 12.5. The van der Waals surface area contributed by atoms with E-state index in [1.807, 2.05) is 4.90 Å². The highest BCUT2D eigenvalue weighted by atomic mass is 79.9. The molecule has 1 unspecified atom stereocenters. The number of hydrogen-bond donors (Lipinski definition) is 0. The van der Waals surface area contributed by atoms with Gasteiger partial charge in [-0.25, -0.2) is 0 Å². The quantitative estimate of drug-likeness (QED) is 0.798. The molecule has 0 radical (unpaired) electrons. The number of ether oxygens (including phenoxy) is 2. The molecule has 0 aromatic heterocycles. The van der Waals surface area contributed by atoms with Crippen LogP contribution in [0.2, 0.25) is 0 Å². The molecule has 104 valence electrons. The standard InChI is InChI=1S/C14H18BrNO3/c1-18-12-6-10(7-13(8-12)19-2)14(17)16-5-3-4-11(16)9-15/h6-8,11H,3-5,9H2,1-2H3. The zero-order valence-electron chi connectivity index (χ0n) is 11.2. The van der Waals surface area contributed by atoms with Gasteiger partial charge in [-0.2, -0.15) is 0 Å². The Morgan fingerprint density at radius 3 is 2.47 bits per heavy atom. The highest BCUT2D eigenvalue weighted by molar-refractivity contribution is 9.09. The Balaban J connectivity index is 2.27. The molecule has 1 aromatic carbocycles. The monoisotopic (exact) mass is 327 g/mol. The molecule has 19 heavy (non-hydrogen) atoms. The second-order valence-electron chi connectivity index (χ2n) is 4.55.